The van der Waals surface area contributed by atoms with Gasteiger partial charge in [0.2, 0.25) is 0 Å². The van der Waals surface area contributed by atoms with Crippen LogP contribution in [-0.2, 0) is 0 Å². The van der Waals surface area contributed by atoms with Gasteiger partial charge in [-0.15, -0.1) is 0 Å². The van der Waals surface area contributed by atoms with Gasteiger partial charge < -0.3 is 5.11 Å². The minimum atomic E-state index is -0.979. The van der Waals surface area contributed by atoms with Gasteiger partial charge in [0.25, 0.3) is 0 Å². The maximum atomic E-state index is 11.1. The van der Waals surface area contributed by atoms with E-state index < -0.39 is 5.97 Å². The standard InChI is InChI=1S/C17H21N3O2/c21-17(22)15-9-12-20(19-15)16(14-7-10-18-11-8-14)13-5-3-1-2-4-6-13/h7-13,16H,1-6H2,(H,21,22). The van der Waals surface area contributed by atoms with E-state index in [4.69, 9.17) is 5.11 Å². The molecule has 0 bridgehead atoms. The van der Waals surface area contributed by atoms with Gasteiger partial charge in [0.15, 0.2) is 5.69 Å². The fourth-order valence-corrected chi connectivity index (χ4v) is 3.44. The third-order valence-corrected chi connectivity index (χ3v) is 4.51. The lowest BCUT2D eigenvalue weighted by molar-refractivity contribution is 0.0689. The molecule has 2 heterocycles. The Labute approximate surface area is 130 Å². The third-order valence-electron chi connectivity index (χ3n) is 4.51. The van der Waals surface area contributed by atoms with E-state index in [1.165, 1.54) is 25.7 Å². The van der Waals surface area contributed by atoms with Gasteiger partial charge in [-0.25, -0.2) is 4.79 Å². The van der Waals surface area contributed by atoms with Gasteiger partial charge in [0, 0.05) is 18.6 Å². The largest absolute Gasteiger partial charge is 0.476 e. The normalized spacial score (nSPS) is 17.8. The summed E-state index contributed by atoms with van der Waals surface area (Å²) < 4.78 is 1.83. The average molecular weight is 299 g/mol. The molecule has 116 valence electrons. The predicted octanol–water partition coefficient (Wildman–Crippen LogP) is 3.54. The van der Waals surface area contributed by atoms with Gasteiger partial charge in [-0.05, 0) is 42.5 Å². The fraction of sp³-hybridized carbons (Fsp3) is 0.471. The van der Waals surface area contributed by atoms with Crippen LogP contribution in [0.1, 0.15) is 60.6 Å². The number of carboxylic acid groups (broad SMARTS) is 1. The molecule has 1 N–H and O–H groups in total. The highest BCUT2D eigenvalue weighted by molar-refractivity contribution is 5.85. The summed E-state index contributed by atoms with van der Waals surface area (Å²) in [6.07, 6.45) is 12.8. The highest BCUT2D eigenvalue weighted by Crippen LogP contribution is 2.35. The Morgan fingerprint density at radius 3 is 2.41 bits per heavy atom. The molecular formula is C17H21N3O2. The van der Waals surface area contributed by atoms with Crippen LogP contribution in [0.5, 0.6) is 0 Å². The first kappa shape index (κ1) is 14.8. The number of aromatic carboxylic acids is 1. The summed E-state index contributed by atoms with van der Waals surface area (Å²) in [6, 6.07) is 5.69. The summed E-state index contributed by atoms with van der Waals surface area (Å²) in [4.78, 5) is 15.2. The van der Waals surface area contributed by atoms with E-state index >= 15 is 0 Å². The molecule has 2 aromatic heterocycles. The molecular weight excluding hydrogens is 278 g/mol. The van der Waals surface area contributed by atoms with Crippen molar-refractivity contribution in [1.29, 1.82) is 0 Å². The van der Waals surface area contributed by atoms with Crippen LogP contribution >= 0.6 is 0 Å². The fourth-order valence-electron chi connectivity index (χ4n) is 3.44. The number of nitrogens with zero attached hydrogens (tertiary/aromatic N) is 3. The molecule has 0 spiro atoms. The Bertz CT molecular complexity index is 616. The molecule has 5 nitrogen and oxygen atoms in total. The maximum Gasteiger partial charge on any atom is 0.356 e. The van der Waals surface area contributed by atoms with Crippen LogP contribution in [0.3, 0.4) is 0 Å². The van der Waals surface area contributed by atoms with Crippen molar-refractivity contribution in [3.63, 3.8) is 0 Å². The van der Waals surface area contributed by atoms with Crippen molar-refractivity contribution in [2.75, 3.05) is 0 Å². The van der Waals surface area contributed by atoms with Gasteiger partial charge >= 0.3 is 5.97 Å². The van der Waals surface area contributed by atoms with Crippen LogP contribution in [-0.4, -0.2) is 25.8 Å². The van der Waals surface area contributed by atoms with E-state index in [0.717, 1.165) is 18.4 Å². The topological polar surface area (TPSA) is 68.0 Å². The number of carboxylic acids is 1. The minimum Gasteiger partial charge on any atom is -0.476 e. The van der Waals surface area contributed by atoms with Crippen molar-refractivity contribution in [3.05, 3.63) is 48.0 Å². The van der Waals surface area contributed by atoms with Gasteiger partial charge in [-0.1, -0.05) is 25.7 Å². The molecule has 0 aromatic carbocycles. The first-order chi connectivity index (χ1) is 10.8. The van der Waals surface area contributed by atoms with Crippen LogP contribution in [0.4, 0.5) is 0 Å². The second-order valence-corrected chi connectivity index (χ2v) is 5.96. The Morgan fingerprint density at radius 2 is 1.82 bits per heavy atom. The summed E-state index contributed by atoms with van der Waals surface area (Å²) >= 11 is 0. The molecule has 0 saturated heterocycles. The smallest absolute Gasteiger partial charge is 0.356 e. The van der Waals surface area contributed by atoms with Crippen molar-refractivity contribution < 1.29 is 9.90 Å². The molecule has 1 unspecified atom stereocenters. The van der Waals surface area contributed by atoms with Crippen molar-refractivity contribution >= 4 is 5.97 Å². The molecule has 1 aliphatic rings. The van der Waals surface area contributed by atoms with E-state index in [2.05, 4.69) is 10.1 Å². The Morgan fingerprint density at radius 1 is 1.14 bits per heavy atom. The van der Waals surface area contributed by atoms with Crippen molar-refractivity contribution in [2.45, 2.75) is 44.6 Å². The minimum absolute atomic E-state index is 0.0919. The monoisotopic (exact) mass is 299 g/mol. The molecule has 22 heavy (non-hydrogen) atoms. The molecule has 1 aliphatic carbocycles. The Hall–Kier alpha value is -2.17. The van der Waals surface area contributed by atoms with E-state index in [0.29, 0.717) is 5.92 Å². The number of hydrogen-bond acceptors (Lipinski definition) is 3. The number of hydrogen-bond donors (Lipinski definition) is 1. The van der Waals surface area contributed by atoms with Crippen LogP contribution in [0.2, 0.25) is 0 Å². The highest BCUT2D eigenvalue weighted by Gasteiger charge is 2.27. The highest BCUT2D eigenvalue weighted by atomic mass is 16.4. The lowest BCUT2D eigenvalue weighted by atomic mass is 9.87. The quantitative estimate of drug-likeness (QED) is 0.877. The zero-order valence-corrected chi connectivity index (χ0v) is 12.6. The second-order valence-electron chi connectivity index (χ2n) is 5.96. The molecule has 0 aliphatic heterocycles. The third kappa shape index (κ3) is 3.18. The van der Waals surface area contributed by atoms with E-state index in [-0.39, 0.29) is 11.7 Å². The molecule has 1 atom stereocenters. The summed E-state index contributed by atoms with van der Waals surface area (Å²) in [5.74, 6) is -0.487. The lowest BCUT2D eigenvalue weighted by Gasteiger charge is -2.27. The van der Waals surface area contributed by atoms with Crippen LogP contribution in [0.25, 0.3) is 0 Å². The first-order valence-electron chi connectivity index (χ1n) is 7.94. The molecule has 1 fully saturated rings. The number of rotatable bonds is 4. The van der Waals surface area contributed by atoms with Crippen LogP contribution in [0, 0.1) is 5.92 Å². The number of carbonyl (C=O) groups is 1. The molecule has 0 amide bonds. The molecule has 0 radical (unpaired) electrons. The predicted molar refractivity (Wildman–Crippen MR) is 82.8 cm³/mol. The van der Waals surface area contributed by atoms with Gasteiger partial charge in [-0.2, -0.15) is 5.10 Å². The summed E-state index contributed by atoms with van der Waals surface area (Å²) in [5.41, 5.74) is 1.26. The van der Waals surface area contributed by atoms with Crippen LogP contribution < -0.4 is 0 Å². The molecule has 5 heteroatoms. The SMILES string of the molecule is O=C(O)c1ccn(C(c2ccncc2)C2CCCCCC2)n1. The van der Waals surface area contributed by atoms with E-state index in [9.17, 15) is 4.79 Å². The summed E-state index contributed by atoms with van der Waals surface area (Å²) in [7, 11) is 0. The second kappa shape index (κ2) is 6.73. The molecule has 3 rings (SSSR count). The number of aromatic nitrogens is 3. The molecule has 1 saturated carbocycles. The van der Waals surface area contributed by atoms with Gasteiger partial charge in [0.05, 0.1) is 6.04 Å². The Kier molecular flexibility index (Phi) is 4.51. The van der Waals surface area contributed by atoms with E-state index in [1.807, 2.05) is 16.8 Å². The zero-order chi connectivity index (χ0) is 15.4. The summed E-state index contributed by atoms with van der Waals surface area (Å²) in [5, 5.41) is 13.4. The van der Waals surface area contributed by atoms with Crippen molar-refractivity contribution in [1.82, 2.24) is 14.8 Å². The summed E-state index contributed by atoms with van der Waals surface area (Å²) in [6.45, 7) is 0. The first-order valence-corrected chi connectivity index (χ1v) is 7.94. The Balaban J connectivity index is 1.96. The van der Waals surface area contributed by atoms with Crippen LogP contribution in [0.15, 0.2) is 36.8 Å². The average Bonchev–Trinajstić information content (AvgIpc) is 2.86. The van der Waals surface area contributed by atoms with Gasteiger partial charge in [-0.3, -0.25) is 9.67 Å². The lowest BCUT2D eigenvalue weighted by Crippen LogP contribution is -2.21. The zero-order valence-electron chi connectivity index (χ0n) is 12.6. The number of pyridine rings is 1. The van der Waals surface area contributed by atoms with E-state index in [1.54, 1.807) is 24.7 Å². The van der Waals surface area contributed by atoms with Gasteiger partial charge in [0.1, 0.15) is 0 Å². The maximum absolute atomic E-state index is 11.1. The van der Waals surface area contributed by atoms with Crippen molar-refractivity contribution in [3.8, 4) is 0 Å². The van der Waals surface area contributed by atoms with Crippen molar-refractivity contribution in [2.24, 2.45) is 5.92 Å². The molecule has 2 aromatic rings.